The Morgan fingerprint density at radius 2 is 2.00 bits per heavy atom. The summed E-state index contributed by atoms with van der Waals surface area (Å²) in [5.74, 6) is 0.331. The third-order valence-corrected chi connectivity index (χ3v) is 4.31. The minimum absolute atomic E-state index is 0.124. The number of fused-ring (bicyclic) bond motifs is 1. The fourth-order valence-corrected chi connectivity index (χ4v) is 2.91. The number of carbonyl (C=O) groups excluding carboxylic acids is 2. The molecule has 0 spiro atoms. The van der Waals surface area contributed by atoms with Crippen LogP contribution in [0.3, 0.4) is 0 Å². The van der Waals surface area contributed by atoms with Crippen molar-refractivity contribution in [3.63, 3.8) is 0 Å². The Kier molecular flexibility index (Phi) is 4.61. The topological polar surface area (TPSA) is 87.4 Å². The molecule has 4 rings (SSSR count). The average molecular weight is 366 g/mol. The van der Waals surface area contributed by atoms with Crippen molar-refractivity contribution < 1.29 is 18.7 Å². The van der Waals surface area contributed by atoms with Crippen LogP contribution in [0.25, 0.3) is 0 Å². The molecule has 8 nitrogen and oxygen atoms in total. The minimum atomic E-state index is -0.387. The van der Waals surface area contributed by atoms with Gasteiger partial charge in [-0.3, -0.25) is 9.69 Å². The van der Waals surface area contributed by atoms with E-state index in [2.05, 4.69) is 10.3 Å². The highest BCUT2D eigenvalue weighted by molar-refractivity contribution is 6.01. The quantitative estimate of drug-likeness (QED) is 0.875. The number of carbonyl (C=O) groups is 2. The highest BCUT2D eigenvalue weighted by Crippen LogP contribution is 2.20. The number of nitrogens with one attached hydrogen (secondary N) is 1. The van der Waals surface area contributed by atoms with Crippen LogP contribution in [0.2, 0.25) is 0 Å². The number of nitrogens with zero attached hydrogens (tertiary/aromatic N) is 3. The first-order valence-corrected chi connectivity index (χ1v) is 8.57. The van der Waals surface area contributed by atoms with E-state index in [0.717, 1.165) is 5.56 Å². The molecule has 0 radical (unpaired) electrons. The van der Waals surface area contributed by atoms with E-state index >= 15 is 0 Å². The lowest BCUT2D eigenvalue weighted by Crippen LogP contribution is -2.38. The van der Waals surface area contributed by atoms with E-state index in [9.17, 15) is 9.59 Å². The molecule has 2 aliphatic heterocycles. The van der Waals surface area contributed by atoms with Crippen LogP contribution < -0.4 is 5.32 Å². The lowest BCUT2D eigenvalue weighted by atomic mass is 10.2. The SMILES string of the molecule is O=C(NCc1ccco1)C1=COC2=NC(=O)N(Cc3ccccc3)CCN12. The van der Waals surface area contributed by atoms with Crippen LogP contribution in [0.15, 0.2) is 70.1 Å². The van der Waals surface area contributed by atoms with Crippen LogP contribution in [0, 0.1) is 0 Å². The van der Waals surface area contributed by atoms with Gasteiger partial charge in [0.1, 0.15) is 17.7 Å². The monoisotopic (exact) mass is 366 g/mol. The van der Waals surface area contributed by atoms with Crippen LogP contribution in [0.4, 0.5) is 4.79 Å². The number of rotatable bonds is 5. The Morgan fingerprint density at radius 3 is 2.78 bits per heavy atom. The van der Waals surface area contributed by atoms with Crippen LogP contribution in [0.5, 0.6) is 0 Å². The lowest BCUT2D eigenvalue weighted by Gasteiger charge is -2.21. The molecular weight excluding hydrogens is 348 g/mol. The molecule has 1 aromatic carbocycles. The van der Waals surface area contributed by atoms with Gasteiger partial charge < -0.3 is 19.4 Å². The summed E-state index contributed by atoms with van der Waals surface area (Å²) in [7, 11) is 0. The summed E-state index contributed by atoms with van der Waals surface area (Å²) >= 11 is 0. The van der Waals surface area contributed by atoms with E-state index in [0.29, 0.717) is 31.1 Å². The van der Waals surface area contributed by atoms with Gasteiger partial charge in [0.15, 0.2) is 0 Å². The van der Waals surface area contributed by atoms with Gasteiger partial charge in [0.05, 0.1) is 12.8 Å². The average Bonchev–Trinajstić information content (AvgIpc) is 3.31. The number of amidine groups is 1. The number of urea groups is 1. The Hall–Kier alpha value is -3.55. The number of amides is 3. The molecule has 0 aliphatic carbocycles. The Bertz CT molecular complexity index is 890. The van der Waals surface area contributed by atoms with Gasteiger partial charge in [-0.25, -0.2) is 4.79 Å². The zero-order valence-electron chi connectivity index (χ0n) is 14.5. The molecular formula is C19H18N4O4. The van der Waals surface area contributed by atoms with E-state index < -0.39 is 0 Å². The zero-order chi connectivity index (χ0) is 18.6. The Balaban J connectivity index is 1.41. The molecule has 8 heteroatoms. The summed E-state index contributed by atoms with van der Waals surface area (Å²) in [6.45, 7) is 1.56. The van der Waals surface area contributed by atoms with Crippen molar-refractivity contribution in [2.75, 3.05) is 13.1 Å². The van der Waals surface area contributed by atoms with Gasteiger partial charge in [0, 0.05) is 19.6 Å². The highest BCUT2D eigenvalue weighted by atomic mass is 16.5. The first-order valence-electron chi connectivity index (χ1n) is 8.57. The molecule has 0 saturated carbocycles. The number of furan rings is 1. The van der Waals surface area contributed by atoms with Crippen molar-refractivity contribution in [2.24, 2.45) is 4.99 Å². The van der Waals surface area contributed by atoms with Crippen LogP contribution in [0.1, 0.15) is 11.3 Å². The van der Waals surface area contributed by atoms with Crippen molar-refractivity contribution in [1.29, 1.82) is 0 Å². The summed E-state index contributed by atoms with van der Waals surface area (Å²) in [5.41, 5.74) is 1.33. The van der Waals surface area contributed by atoms with Gasteiger partial charge in [-0.15, -0.1) is 4.99 Å². The summed E-state index contributed by atoms with van der Waals surface area (Å²) in [4.78, 5) is 32.1. The van der Waals surface area contributed by atoms with E-state index in [4.69, 9.17) is 9.15 Å². The zero-order valence-corrected chi connectivity index (χ0v) is 14.5. The second kappa shape index (κ2) is 7.36. The molecule has 27 heavy (non-hydrogen) atoms. The molecule has 3 amide bonds. The van der Waals surface area contributed by atoms with Gasteiger partial charge in [-0.05, 0) is 17.7 Å². The third kappa shape index (κ3) is 3.69. The number of aliphatic imine (C=N–C) groups is 1. The van der Waals surface area contributed by atoms with Gasteiger partial charge in [-0.2, -0.15) is 0 Å². The Labute approximate surface area is 155 Å². The second-order valence-corrected chi connectivity index (χ2v) is 6.12. The van der Waals surface area contributed by atoms with Gasteiger partial charge >= 0.3 is 12.1 Å². The molecule has 3 heterocycles. The maximum absolute atomic E-state index is 12.5. The number of ether oxygens (including phenoxy) is 1. The van der Waals surface area contributed by atoms with Crippen molar-refractivity contribution in [3.05, 3.63) is 72.0 Å². The Morgan fingerprint density at radius 1 is 1.15 bits per heavy atom. The van der Waals surface area contributed by atoms with Crippen LogP contribution in [-0.4, -0.2) is 40.8 Å². The molecule has 1 N–H and O–H groups in total. The smallest absolute Gasteiger partial charge is 0.348 e. The van der Waals surface area contributed by atoms with Crippen molar-refractivity contribution >= 4 is 18.0 Å². The van der Waals surface area contributed by atoms with Gasteiger partial charge in [0.25, 0.3) is 5.91 Å². The molecule has 2 aliphatic rings. The first kappa shape index (κ1) is 16.9. The summed E-state index contributed by atoms with van der Waals surface area (Å²) in [6.07, 6.45) is 2.86. The largest absolute Gasteiger partial charge is 0.467 e. The molecule has 0 atom stereocenters. The van der Waals surface area contributed by atoms with Crippen molar-refractivity contribution in [2.45, 2.75) is 13.1 Å². The maximum atomic E-state index is 12.5. The molecule has 0 fully saturated rings. The van der Waals surface area contributed by atoms with E-state index in [1.807, 2.05) is 30.3 Å². The summed E-state index contributed by atoms with van der Waals surface area (Å²) in [5, 5.41) is 2.77. The second-order valence-electron chi connectivity index (χ2n) is 6.12. The third-order valence-electron chi connectivity index (χ3n) is 4.31. The molecule has 0 bridgehead atoms. The number of benzene rings is 1. The van der Waals surface area contributed by atoms with Crippen LogP contribution >= 0.6 is 0 Å². The van der Waals surface area contributed by atoms with Crippen LogP contribution in [-0.2, 0) is 22.6 Å². The van der Waals surface area contributed by atoms with Crippen molar-refractivity contribution in [3.8, 4) is 0 Å². The van der Waals surface area contributed by atoms with Crippen molar-refractivity contribution in [1.82, 2.24) is 15.1 Å². The lowest BCUT2D eigenvalue weighted by molar-refractivity contribution is -0.118. The fraction of sp³-hybridized carbons (Fsp3) is 0.211. The molecule has 0 unspecified atom stereocenters. The predicted octanol–water partition coefficient (Wildman–Crippen LogP) is 2.06. The van der Waals surface area contributed by atoms with E-state index in [-0.39, 0.29) is 24.5 Å². The van der Waals surface area contributed by atoms with E-state index in [1.54, 1.807) is 28.2 Å². The summed E-state index contributed by atoms with van der Waals surface area (Å²) < 4.78 is 10.6. The highest BCUT2D eigenvalue weighted by Gasteiger charge is 2.33. The predicted molar refractivity (Wildman–Crippen MR) is 96.1 cm³/mol. The standard InChI is InChI=1S/C19H18N4O4/c24-17(20-11-15-7-4-10-26-15)16-13-27-19-21-18(25)22(8-9-23(16)19)12-14-5-2-1-3-6-14/h1-7,10,13H,8-9,11-12H2,(H,20,24). The molecule has 0 saturated heterocycles. The van der Waals surface area contributed by atoms with E-state index in [1.165, 1.54) is 6.26 Å². The number of hydrogen-bond donors (Lipinski definition) is 1. The van der Waals surface area contributed by atoms with Gasteiger partial charge in [-0.1, -0.05) is 30.3 Å². The molecule has 1 aromatic heterocycles. The normalized spacial score (nSPS) is 16.2. The van der Waals surface area contributed by atoms with Gasteiger partial charge in [0.2, 0.25) is 0 Å². The minimum Gasteiger partial charge on any atom is -0.467 e. The maximum Gasteiger partial charge on any atom is 0.348 e. The fourth-order valence-electron chi connectivity index (χ4n) is 2.91. The summed E-state index contributed by atoms with van der Waals surface area (Å²) in [6, 6.07) is 13.0. The molecule has 2 aromatic rings. The first-order chi connectivity index (χ1) is 13.2. The number of hydrogen-bond acceptors (Lipinski definition) is 5. The molecule has 138 valence electrons.